The van der Waals surface area contributed by atoms with Gasteiger partial charge in [0, 0.05) is 24.1 Å². The second-order valence-corrected chi connectivity index (χ2v) is 4.04. The van der Waals surface area contributed by atoms with E-state index in [2.05, 4.69) is 10.2 Å². The van der Waals surface area contributed by atoms with Gasteiger partial charge < -0.3 is 14.3 Å². The number of aryl methyl sites for hydroxylation is 1. The van der Waals surface area contributed by atoms with Gasteiger partial charge in [0.1, 0.15) is 0 Å². The van der Waals surface area contributed by atoms with Crippen LogP contribution in [0.25, 0.3) is 11.5 Å². The van der Waals surface area contributed by atoms with Crippen LogP contribution in [-0.4, -0.2) is 33.3 Å². The van der Waals surface area contributed by atoms with E-state index in [4.69, 9.17) is 14.3 Å². The second-order valence-electron chi connectivity index (χ2n) is 4.04. The van der Waals surface area contributed by atoms with Crippen LogP contribution in [0.3, 0.4) is 0 Å². The molecule has 0 aliphatic rings. The highest BCUT2D eigenvalue weighted by molar-refractivity contribution is 5.67. The number of benzene rings is 1. The Labute approximate surface area is 118 Å². The maximum absolute atomic E-state index is 10.8. The number of carbonyl (C=O) groups is 1. The van der Waals surface area contributed by atoms with E-state index in [0.29, 0.717) is 5.56 Å². The number of nitrogens with zero attached hydrogens (tertiary/aromatic N) is 3. The van der Waals surface area contributed by atoms with Gasteiger partial charge >= 0.3 is 11.7 Å². The summed E-state index contributed by atoms with van der Waals surface area (Å²) in [5.74, 6) is -0.567. The fourth-order valence-electron chi connectivity index (χ4n) is 1.65. The van der Waals surface area contributed by atoms with Crippen molar-refractivity contribution in [2.24, 2.45) is 0 Å². The third-order valence-electron chi connectivity index (χ3n) is 2.64. The third kappa shape index (κ3) is 3.32. The Bertz CT molecular complexity index is 681. The van der Waals surface area contributed by atoms with Crippen LogP contribution in [0.15, 0.2) is 22.6 Å². The highest BCUT2D eigenvalue weighted by atomic mass is 16.6. The number of carboxylic acid groups (broad SMARTS) is 1. The number of rotatable bonds is 6. The predicted molar refractivity (Wildman–Crippen MR) is 68.9 cm³/mol. The van der Waals surface area contributed by atoms with Crippen LogP contribution in [0, 0.1) is 10.1 Å². The van der Waals surface area contributed by atoms with Crippen LogP contribution in [0.5, 0.6) is 5.75 Å². The first-order valence-corrected chi connectivity index (χ1v) is 5.88. The maximum atomic E-state index is 10.8. The SMILES string of the molecule is COc1cc(-c2nnc(CCC(=O)O)o2)ccc1[N+](=O)[O-]. The van der Waals surface area contributed by atoms with Gasteiger partial charge in [0.05, 0.1) is 18.5 Å². The van der Waals surface area contributed by atoms with Gasteiger partial charge in [-0.15, -0.1) is 10.2 Å². The molecule has 0 radical (unpaired) electrons. The van der Waals surface area contributed by atoms with Crippen molar-refractivity contribution in [3.05, 3.63) is 34.2 Å². The van der Waals surface area contributed by atoms with E-state index in [1.54, 1.807) is 0 Å². The molecule has 0 atom stereocenters. The Balaban J connectivity index is 2.26. The molecule has 0 aliphatic heterocycles. The van der Waals surface area contributed by atoms with Crippen LogP contribution in [0.4, 0.5) is 5.69 Å². The molecule has 0 amide bonds. The highest BCUT2D eigenvalue weighted by Crippen LogP contribution is 2.31. The summed E-state index contributed by atoms with van der Waals surface area (Å²) in [6.45, 7) is 0. The van der Waals surface area contributed by atoms with Gasteiger partial charge in [-0.2, -0.15) is 0 Å². The van der Waals surface area contributed by atoms with Crippen molar-refractivity contribution in [1.29, 1.82) is 0 Å². The Morgan fingerprint density at radius 1 is 1.48 bits per heavy atom. The maximum Gasteiger partial charge on any atom is 0.310 e. The minimum atomic E-state index is -0.966. The molecule has 0 bridgehead atoms. The number of ether oxygens (including phenoxy) is 1. The number of aromatic nitrogens is 2. The second kappa shape index (κ2) is 5.99. The largest absolute Gasteiger partial charge is 0.490 e. The Morgan fingerprint density at radius 3 is 2.86 bits per heavy atom. The highest BCUT2D eigenvalue weighted by Gasteiger charge is 2.18. The summed E-state index contributed by atoms with van der Waals surface area (Å²) in [4.78, 5) is 20.7. The Kier molecular flexibility index (Phi) is 4.12. The average Bonchev–Trinajstić information content (AvgIpc) is 2.93. The minimum Gasteiger partial charge on any atom is -0.490 e. The van der Waals surface area contributed by atoms with E-state index in [1.165, 1.54) is 25.3 Å². The van der Waals surface area contributed by atoms with Gasteiger partial charge in [0.15, 0.2) is 5.75 Å². The topological polar surface area (TPSA) is 129 Å². The fraction of sp³-hybridized carbons (Fsp3) is 0.250. The lowest BCUT2D eigenvalue weighted by Crippen LogP contribution is -1.97. The summed E-state index contributed by atoms with van der Waals surface area (Å²) in [7, 11) is 1.32. The number of carboxylic acids is 1. The molecule has 0 aliphatic carbocycles. The van der Waals surface area contributed by atoms with Crippen LogP contribution in [0.2, 0.25) is 0 Å². The quantitative estimate of drug-likeness (QED) is 0.629. The van der Waals surface area contributed by atoms with Crippen molar-refractivity contribution >= 4 is 11.7 Å². The van der Waals surface area contributed by atoms with Gasteiger partial charge in [-0.05, 0) is 6.07 Å². The van der Waals surface area contributed by atoms with E-state index < -0.39 is 10.9 Å². The first-order valence-electron chi connectivity index (χ1n) is 5.88. The Hall–Kier alpha value is -2.97. The van der Waals surface area contributed by atoms with E-state index in [1.807, 2.05) is 0 Å². The molecule has 9 heteroatoms. The van der Waals surface area contributed by atoms with E-state index in [0.717, 1.165) is 0 Å². The van der Waals surface area contributed by atoms with E-state index in [9.17, 15) is 14.9 Å². The molecule has 2 rings (SSSR count). The molecule has 0 saturated heterocycles. The Morgan fingerprint density at radius 2 is 2.24 bits per heavy atom. The fourth-order valence-corrected chi connectivity index (χ4v) is 1.65. The molecule has 1 N–H and O–H groups in total. The number of aliphatic carboxylic acids is 1. The zero-order valence-electron chi connectivity index (χ0n) is 11.0. The van der Waals surface area contributed by atoms with Crippen molar-refractivity contribution in [2.75, 3.05) is 7.11 Å². The molecule has 2 aromatic rings. The van der Waals surface area contributed by atoms with Crippen LogP contribution in [0.1, 0.15) is 12.3 Å². The minimum absolute atomic E-state index is 0.0720. The van der Waals surface area contributed by atoms with Crippen molar-refractivity contribution in [1.82, 2.24) is 10.2 Å². The number of nitro groups is 1. The number of hydrogen-bond acceptors (Lipinski definition) is 7. The molecule has 110 valence electrons. The lowest BCUT2D eigenvalue weighted by molar-refractivity contribution is -0.385. The molecule has 21 heavy (non-hydrogen) atoms. The number of hydrogen-bond donors (Lipinski definition) is 1. The zero-order chi connectivity index (χ0) is 15.4. The van der Waals surface area contributed by atoms with Gasteiger partial charge in [0.2, 0.25) is 11.8 Å². The van der Waals surface area contributed by atoms with Crippen molar-refractivity contribution < 1.29 is 24.0 Å². The molecule has 9 nitrogen and oxygen atoms in total. The summed E-state index contributed by atoms with van der Waals surface area (Å²) in [6, 6.07) is 4.14. The molecular formula is C12H11N3O6. The molecule has 0 unspecified atom stereocenters. The first-order chi connectivity index (χ1) is 10.0. The zero-order valence-corrected chi connectivity index (χ0v) is 11.0. The molecule has 1 aromatic heterocycles. The van der Waals surface area contributed by atoms with Gasteiger partial charge in [-0.3, -0.25) is 14.9 Å². The summed E-state index contributed by atoms with van der Waals surface area (Å²) in [5, 5.41) is 26.9. The van der Waals surface area contributed by atoms with Crippen LogP contribution < -0.4 is 4.74 Å². The van der Waals surface area contributed by atoms with Gasteiger partial charge in [-0.1, -0.05) is 0 Å². The van der Waals surface area contributed by atoms with Gasteiger partial charge in [0.25, 0.3) is 0 Å². The molecule has 0 fully saturated rings. The summed E-state index contributed by atoms with van der Waals surface area (Å²) < 4.78 is 10.3. The lowest BCUT2D eigenvalue weighted by atomic mass is 10.2. The summed E-state index contributed by atoms with van der Waals surface area (Å²) in [6.07, 6.45) is -0.00232. The normalized spacial score (nSPS) is 10.3. The van der Waals surface area contributed by atoms with Crippen LogP contribution in [-0.2, 0) is 11.2 Å². The standard InChI is InChI=1S/C12H11N3O6/c1-20-9-6-7(2-3-8(9)15(18)19)12-14-13-10(21-12)4-5-11(16)17/h2-3,6H,4-5H2,1H3,(H,16,17). The molecule has 0 saturated carbocycles. The first kappa shape index (κ1) is 14.4. The molecule has 0 spiro atoms. The lowest BCUT2D eigenvalue weighted by Gasteiger charge is -2.02. The summed E-state index contributed by atoms with van der Waals surface area (Å²) in [5.41, 5.74) is 0.276. The molecule has 1 aromatic carbocycles. The van der Waals surface area contributed by atoms with Gasteiger partial charge in [-0.25, -0.2) is 0 Å². The third-order valence-corrected chi connectivity index (χ3v) is 2.64. The smallest absolute Gasteiger partial charge is 0.310 e. The van der Waals surface area contributed by atoms with Crippen LogP contribution >= 0.6 is 0 Å². The van der Waals surface area contributed by atoms with Crippen molar-refractivity contribution in [3.8, 4) is 17.2 Å². The molecular weight excluding hydrogens is 282 g/mol. The monoisotopic (exact) mass is 293 g/mol. The van der Waals surface area contributed by atoms with E-state index in [-0.39, 0.29) is 36.1 Å². The number of nitro benzene ring substituents is 1. The summed E-state index contributed by atoms with van der Waals surface area (Å²) >= 11 is 0. The van der Waals surface area contributed by atoms with E-state index >= 15 is 0 Å². The number of methoxy groups -OCH3 is 1. The average molecular weight is 293 g/mol. The predicted octanol–water partition coefficient (Wildman–Crippen LogP) is 1.67. The van der Waals surface area contributed by atoms with Crippen molar-refractivity contribution in [3.63, 3.8) is 0 Å². The molecule has 1 heterocycles. The van der Waals surface area contributed by atoms with Crippen molar-refractivity contribution in [2.45, 2.75) is 12.8 Å².